The molecule has 0 saturated carbocycles. The van der Waals surface area contributed by atoms with Crippen molar-refractivity contribution in [2.75, 3.05) is 5.75 Å². The molecule has 0 bridgehead atoms. The van der Waals surface area contributed by atoms with Crippen molar-refractivity contribution in [1.29, 1.82) is 0 Å². The van der Waals surface area contributed by atoms with Crippen LogP contribution < -0.4 is 0 Å². The van der Waals surface area contributed by atoms with Crippen LogP contribution >= 0.6 is 12.6 Å². The number of carboxylic acids is 1. The summed E-state index contributed by atoms with van der Waals surface area (Å²) in [4.78, 5) is 9.00. The zero-order valence-electron chi connectivity index (χ0n) is 10.1. The van der Waals surface area contributed by atoms with Gasteiger partial charge in [0.05, 0.1) is 0 Å². The van der Waals surface area contributed by atoms with Gasteiger partial charge in [-0.15, -0.1) is 0 Å². The Kier molecular flexibility index (Phi) is 12.7. The fraction of sp³-hybridized carbons (Fsp3) is 0.583. The van der Waals surface area contributed by atoms with Crippen LogP contribution in [0.25, 0.3) is 0 Å². The summed E-state index contributed by atoms with van der Waals surface area (Å²) < 4.78 is 0. The third-order valence-electron chi connectivity index (χ3n) is 1.63. The highest BCUT2D eigenvalue weighted by molar-refractivity contribution is 7.80. The van der Waals surface area contributed by atoms with Crippen LogP contribution in [0.1, 0.15) is 40.5 Å². The van der Waals surface area contributed by atoms with Gasteiger partial charge < -0.3 is 5.11 Å². The maximum Gasteiger partial charge on any atom is 0.300 e. The average molecular weight is 230 g/mol. The standard InChI is InChI=1S/C10H18S.C2H4O2/c1-4-10(8-11)7-5-6-9(2)3;1-2(3)4/h4,6,11H,5,7-8H2,1-3H3;1H3,(H,3,4)/b10-4+;. The fourth-order valence-corrected chi connectivity index (χ4v) is 1.20. The van der Waals surface area contributed by atoms with Crippen molar-refractivity contribution in [3.8, 4) is 0 Å². The van der Waals surface area contributed by atoms with Gasteiger partial charge in [-0.2, -0.15) is 12.6 Å². The second kappa shape index (κ2) is 11.4. The van der Waals surface area contributed by atoms with Gasteiger partial charge >= 0.3 is 0 Å². The molecule has 0 aromatic heterocycles. The van der Waals surface area contributed by atoms with E-state index in [1.165, 1.54) is 11.1 Å². The molecule has 0 saturated heterocycles. The number of carboxylic acid groups (broad SMARTS) is 1. The van der Waals surface area contributed by atoms with Crippen molar-refractivity contribution in [3.63, 3.8) is 0 Å². The second-order valence-electron chi connectivity index (χ2n) is 3.44. The van der Waals surface area contributed by atoms with Crippen molar-refractivity contribution < 1.29 is 9.90 Å². The van der Waals surface area contributed by atoms with E-state index in [0.29, 0.717) is 0 Å². The molecule has 3 heteroatoms. The van der Waals surface area contributed by atoms with Gasteiger partial charge in [0.2, 0.25) is 0 Å². The van der Waals surface area contributed by atoms with E-state index in [9.17, 15) is 0 Å². The number of rotatable bonds is 4. The van der Waals surface area contributed by atoms with Crippen molar-refractivity contribution in [1.82, 2.24) is 0 Å². The molecule has 0 aromatic carbocycles. The minimum atomic E-state index is -0.833. The summed E-state index contributed by atoms with van der Waals surface area (Å²) in [6, 6.07) is 0. The highest BCUT2D eigenvalue weighted by Gasteiger charge is 1.90. The Morgan fingerprint density at radius 1 is 1.33 bits per heavy atom. The maximum absolute atomic E-state index is 9.00. The van der Waals surface area contributed by atoms with E-state index in [-0.39, 0.29) is 0 Å². The molecule has 0 radical (unpaired) electrons. The lowest BCUT2D eigenvalue weighted by molar-refractivity contribution is -0.134. The van der Waals surface area contributed by atoms with Gasteiger partial charge in [0.25, 0.3) is 5.97 Å². The lowest BCUT2D eigenvalue weighted by Crippen LogP contribution is -1.83. The SMILES string of the molecule is C/C=C(/CS)CCC=C(C)C.CC(=O)O. The molecule has 0 heterocycles. The number of carbonyl (C=O) groups is 1. The maximum atomic E-state index is 9.00. The van der Waals surface area contributed by atoms with Gasteiger partial charge in [0.1, 0.15) is 0 Å². The normalized spacial score (nSPS) is 10.1. The van der Waals surface area contributed by atoms with Crippen molar-refractivity contribution >= 4 is 18.6 Å². The number of hydrogen-bond donors (Lipinski definition) is 2. The van der Waals surface area contributed by atoms with Crippen LogP contribution in [0.15, 0.2) is 23.3 Å². The molecule has 0 amide bonds. The molecule has 88 valence electrons. The van der Waals surface area contributed by atoms with Crippen LogP contribution in [0.2, 0.25) is 0 Å². The molecule has 2 nitrogen and oxygen atoms in total. The zero-order valence-corrected chi connectivity index (χ0v) is 11.0. The third kappa shape index (κ3) is 19.6. The van der Waals surface area contributed by atoms with Gasteiger partial charge in [0, 0.05) is 12.7 Å². The van der Waals surface area contributed by atoms with Crippen LogP contribution in [0, 0.1) is 0 Å². The van der Waals surface area contributed by atoms with Crippen LogP contribution in [0.5, 0.6) is 0 Å². The molecule has 1 N–H and O–H groups in total. The van der Waals surface area contributed by atoms with Crippen molar-refractivity contribution in [3.05, 3.63) is 23.3 Å². The molecule has 0 atom stereocenters. The highest BCUT2D eigenvalue weighted by atomic mass is 32.1. The van der Waals surface area contributed by atoms with E-state index >= 15 is 0 Å². The van der Waals surface area contributed by atoms with E-state index < -0.39 is 5.97 Å². The molecule has 0 unspecified atom stereocenters. The minimum absolute atomic E-state index is 0.833. The van der Waals surface area contributed by atoms with E-state index in [0.717, 1.165) is 25.5 Å². The molecule has 15 heavy (non-hydrogen) atoms. The summed E-state index contributed by atoms with van der Waals surface area (Å²) in [7, 11) is 0. The summed E-state index contributed by atoms with van der Waals surface area (Å²) in [6.45, 7) is 7.43. The first-order valence-corrected chi connectivity index (χ1v) is 5.65. The quantitative estimate of drug-likeness (QED) is 0.571. The summed E-state index contributed by atoms with van der Waals surface area (Å²) in [6.07, 6.45) is 6.74. The lowest BCUT2D eigenvalue weighted by atomic mass is 10.1. The molecule has 0 spiro atoms. The number of aliphatic carboxylic acids is 1. The first kappa shape index (κ1) is 16.7. The van der Waals surface area contributed by atoms with E-state index in [1.54, 1.807) is 0 Å². The Morgan fingerprint density at radius 2 is 1.80 bits per heavy atom. The third-order valence-corrected chi connectivity index (χ3v) is 2.04. The minimum Gasteiger partial charge on any atom is -0.481 e. The topological polar surface area (TPSA) is 37.3 Å². The van der Waals surface area contributed by atoms with Gasteiger partial charge in [0.15, 0.2) is 0 Å². The van der Waals surface area contributed by atoms with Gasteiger partial charge in [-0.05, 0) is 33.6 Å². The lowest BCUT2D eigenvalue weighted by Gasteiger charge is -1.99. The number of hydrogen-bond acceptors (Lipinski definition) is 2. The number of allylic oxidation sites excluding steroid dienone is 3. The highest BCUT2D eigenvalue weighted by Crippen LogP contribution is 2.08. The molecule has 0 fully saturated rings. The van der Waals surface area contributed by atoms with Gasteiger partial charge in [-0.3, -0.25) is 4.79 Å². The Labute approximate surface area is 98.5 Å². The summed E-state index contributed by atoms with van der Waals surface area (Å²) >= 11 is 4.23. The van der Waals surface area contributed by atoms with Crippen molar-refractivity contribution in [2.45, 2.75) is 40.5 Å². The zero-order chi connectivity index (χ0) is 12.3. The molecular weight excluding hydrogens is 208 g/mol. The molecule has 0 rings (SSSR count). The Balaban J connectivity index is 0. The first-order valence-electron chi connectivity index (χ1n) is 5.01. The first-order chi connectivity index (χ1) is 6.93. The molecule has 0 aliphatic heterocycles. The number of thiol groups is 1. The van der Waals surface area contributed by atoms with E-state index in [1.807, 2.05) is 0 Å². The molecule has 0 aromatic rings. The molecule has 0 aliphatic carbocycles. The molecular formula is C12H22O2S. The summed E-state index contributed by atoms with van der Waals surface area (Å²) in [5.41, 5.74) is 2.84. The average Bonchev–Trinajstić information content (AvgIpc) is 2.11. The van der Waals surface area contributed by atoms with Gasteiger partial charge in [-0.1, -0.05) is 23.3 Å². The van der Waals surface area contributed by atoms with Crippen LogP contribution in [-0.2, 0) is 4.79 Å². The van der Waals surface area contributed by atoms with Crippen LogP contribution in [0.3, 0.4) is 0 Å². The van der Waals surface area contributed by atoms with E-state index in [2.05, 4.69) is 45.6 Å². The van der Waals surface area contributed by atoms with Crippen LogP contribution in [0.4, 0.5) is 0 Å². The Morgan fingerprint density at radius 3 is 2.07 bits per heavy atom. The second-order valence-corrected chi connectivity index (χ2v) is 3.76. The monoisotopic (exact) mass is 230 g/mol. The summed E-state index contributed by atoms with van der Waals surface area (Å²) in [5, 5.41) is 7.42. The predicted molar refractivity (Wildman–Crippen MR) is 69.6 cm³/mol. The fourth-order valence-electron chi connectivity index (χ4n) is 0.861. The predicted octanol–water partition coefficient (Wildman–Crippen LogP) is 3.70. The largest absolute Gasteiger partial charge is 0.481 e. The Bertz CT molecular complexity index is 222. The van der Waals surface area contributed by atoms with Crippen LogP contribution in [-0.4, -0.2) is 16.8 Å². The van der Waals surface area contributed by atoms with Crippen molar-refractivity contribution in [2.24, 2.45) is 0 Å². The smallest absolute Gasteiger partial charge is 0.300 e. The molecule has 0 aliphatic rings. The van der Waals surface area contributed by atoms with Gasteiger partial charge in [-0.25, -0.2) is 0 Å². The summed E-state index contributed by atoms with van der Waals surface area (Å²) in [5.74, 6) is 0.0626. The Hall–Kier alpha value is -0.700. The van der Waals surface area contributed by atoms with E-state index in [4.69, 9.17) is 9.90 Å².